The number of hydrogen-bond acceptors (Lipinski definition) is 3. The average Bonchev–Trinajstić information content (AvgIpc) is 3.15. The van der Waals surface area contributed by atoms with E-state index in [1.807, 2.05) is 11.8 Å². The number of aliphatic carboxylic acids is 1. The summed E-state index contributed by atoms with van der Waals surface area (Å²) in [5.74, 6) is -1.21. The molecule has 3 rings (SSSR count). The van der Waals surface area contributed by atoms with Crippen molar-refractivity contribution in [3.05, 3.63) is 63.2 Å². The number of benzene rings is 2. The molecule has 0 radical (unpaired) electrons. The van der Waals surface area contributed by atoms with Gasteiger partial charge in [-0.15, -0.1) is 0 Å². The van der Waals surface area contributed by atoms with Crippen molar-refractivity contribution in [2.24, 2.45) is 5.92 Å². The maximum atomic E-state index is 13.9. The monoisotopic (exact) mass is 454 g/mol. The van der Waals surface area contributed by atoms with Crippen LogP contribution in [0.1, 0.15) is 40.3 Å². The van der Waals surface area contributed by atoms with E-state index in [0.29, 0.717) is 42.3 Å². The number of likely N-dealkylation sites (tertiary alicyclic amines) is 1. The van der Waals surface area contributed by atoms with Crippen molar-refractivity contribution >= 4 is 23.3 Å². The van der Waals surface area contributed by atoms with Gasteiger partial charge in [0.15, 0.2) is 0 Å². The van der Waals surface area contributed by atoms with Gasteiger partial charge < -0.3 is 10.4 Å². The van der Waals surface area contributed by atoms with Gasteiger partial charge in [-0.1, -0.05) is 29.8 Å². The highest BCUT2D eigenvalue weighted by Crippen LogP contribution is 2.38. The summed E-state index contributed by atoms with van der Waals surface area (Å²) in [6.45, 7) is 7.00. The highest BCUT2D eigenvalue weighted by molar-refractivity contribution is 6.31. The van der Waals surface area contributed by atoms with Crippen LogP contribution in [-0.2, 0) is 11.3 Å². The van der Waals surface area contributed by atoms with Crippen molar-refractivity contribution in [2.45, 2.75) is 46.0 Å². The fourth-order valence-electron chi connectivity index (χ4n) is 4.05. The van der Waals surface area contributed by atoms with Gasteiger partial charge in [0, 0.05) is 23.8 Å². The normalized spacial score (nSPS) is 18.2. The number of carboxylic acid groups (broad SMARTS) is 1. The molecule has 1 aliphatic heterocycles. The van der Waals surface area contributed by atoms with Gasteiger partial charge in [0.05, 0.1) is 5.92 Å². The van der Waals surface area contributed by atoms with Crippen LogP contribution in [0.5, 0.6) is 0 Å². The SMILES string of the molecule is Cc1cc(C(Nc2ccc(C)c(CN3CCC(C(=O)O)C3)c2C)C(F)(F)F)ccc1Cl. The number of nitrogens with one attached hydrogen (secondary N) is 1. The molecule has 0 aliphatic carbocycles. The summed E-state index contributed by atoms with van der Waals surface area (Å²) in [6, 6.07) is 5.91. The molecule has 2 N–H and O–H groups in total. The van der Waals surface area contributed by atoms with Crippen LogP contribution in [0.15, 0.2) is 30.3 Å². The number of alkyl halides is 3. The number of rotatable bonds is 6. The first-order chi connectivity index (χ1) is 14.5. The second-order valence-corrected chi connectivity index (χ2v) is 8.63. The number of aryl methyl sites for hydroxylation is 2. The Hall–Kier alpha value is -2.25. The topological polar surface area (TPSA) is 52.6 Å². The van der Waals surface area contributed by atoms with E-state index in [-0.39, 0.29) is 5.56 Å². The van der Waals surface area contributed by atoms with Crippen LogP contribution in [0.3, 0.4) is 0 Å². The van der Waals surface area contributed by atoms with Gasteiger partial charge in [0.2, 0.25) is 0 Å². The molecule has 4 nitrogen and oxygen atoms in total. The Labute approximate surface area is 185 Å². The van der Waals surface area contributed by atoms with Gasteiger partial charge >= 0.3 is 12.1 Å². The highest BCUT2D eigenvalue weighted by atomic mass is 35.5. The van der Waals surface area contributed by atoms with E-state index in [1.165, 1.54) is 18.2 Å². The molecule has 1 heterocycles. The van der Waals surface area contributed by atoms with E-state index in [4.69, 9.17) is 11.6 Å². The molecule has 0 saturated carbocycles. The van der Waals surface area contributed by atoms with Gasteiger partial charge in [0.25, 0.3) is 0 Å². The molecular formula is C23H26ClF3N2O2. The lowest BCUT2D eigenvalue weighted by Crippen LogP contribution is -2.28. The Kier molecular flexibility index (Phi) is 6.86. The van der Waals surface area contributed by atoms with Crippen molar-refractivity contribution in [3.63, 3.8) is 0 Å². The minimum Gasteiger partial charge on any atom is -0.481 e. The first-order valence-electron chi connectivity index (χ1n) is 10.1. The highest BCUT2D eigenvalue weighted by Gasteiger charge is 2.41. The molecule has 1 fully saturated rings. The van der Waals surface area contributed by atoms with E-state index in [1.54, 1.807) is 26.0 Å². The third-order valence-corrected chi connectivity index (χ3v) is 6.40. The molecule has 0 amide bonds. The van der Waals surface area contributed by atoms with Crippen LogP contribution in [0.4, 0.5) is 18.9 Å². The van der Waals surface area contributed by atoms with Crippen LogP contribution >= 0.6 is 11.6 Å². The van der Waals surface area contributed by atoms with Crippen LogP contribution in [-0.4, -0.2) is 35.2 Å². The summed E-state index contributed by atoms with van der Waals surface area (Å²) in [5, 5.41) is 12.3. The van der Waals surface area contributed by atoms with E-state index >= 15 is 0 Å². The predicted molar refractivity (Wildman–Crippen MR) is 116 cm³/mol. The molecular weight excluding hydrogens is 429 g/mol. The van der Waals surface area contributed by atoms with E-state index in [9.17, 15) is 23.1 Å². The Balaban J connectivity index is 1.88. The lowest BCUT2D eigenvalue weighted by molar-refractivity contribution is -0.144. The van der Waals surface area contributed by atoms with Gasteiger partial charge in [-0.25, -0.2) is 0 Å². The maximum Gasteiger partial charge on any atom is 0.412 e. The van der Waals surface area contributed by atoms with Gasteiger partial charge in [-0.2, -0.15) is 13.2 Å². The Bertz CT molecular complexity index is 978. The summed E-state index contributed by atoms with van der Waals surface area (Å²) in [7, 11) is 0. The lowest BCUT2D eigenvalue weighted by Gasteiger charge is -2.26. The summed E-state index contributed by atoms with van der Waals surface area (Å²) in [4.78, 5) is 13.3. The largest absolute Gasteiger partial charge is 0.481 e. The molecule has 1 aliphatic rings. The maximum absolute atomic E-state index is 13.9. The summed E-state index contributed by atoms with van der Waals surface area (Å²) in [6.07, 6.45) is -3.92. The minimum atomic E-state index is -4.50. The molecule has 2 unspecified atom stereocenters. The van der Waals surface area contributed by atoms with Crippen molar-refractivity contribution in [1.82, 2.24) is 4.90 Å². The fraction of sp³-hybridized carbons (Fsp3) is 0.435. The molecule has 2 aromatic carbocycles. The number of nitrogens with zero attached hydrogens (tertiary/aromatic N) is 1. The Morgan fingerprint density at radius 3 is 2.52 bits per heavy atom. The Morgan fingerprint density at radius 1 is 1.23 bits per heavy atom. The summed E-state index contributed by atoms with van der Waals surface area (Å²) >= 11 is 5.99. The number of anilines is 1. The average molecular weight is 455 g/mol. The summed E-state index contributed by atoms with van der Waals surface area (Å²) in [5.41, 5.74) is 3.71. The van der Waals surface area contributed by atoms with Gasteiger partial charge in [0.1, 0.15) is 6.04 Å². The number of carbonyl (C=O) groups is 1. The fourth-order valence-corrected chi connectivity index (χ4v) is 4.17. The molecule has 0 spiro atoms. The smallest absolute Gasteiger partial charge is 0.412 e. The minimum absolute atomic E-state index is 0.0970. The van der Waals surface area contributed by atoms with Crippen molar-refractivity contribution in [3.8, 4) is 0 Å². The van der Waals surface area contributed by atoms with Gasteiger partial charge in [-0.05, 0) is 73.7 Å². The zero-order valence-electron chi connectivity index (χ0n) is 17.7. The molecule has 8 heteroatoms. The van der Waals surface area contributed by atoms with E-state index in [2.05, 4.69) is 5.32 Å². The lowest BCUT2D eigenvalue weighted by atomic mass is 9.98. The second-order valence-electron chi connectivity index (χ2n) is 8.22. The summed E-state index contributed by atoms with van der Waals surface area (Å²) < 4.78 is 41.8. The first kappa shape index (κ1) is 23.4. The standard InChI is InChI=1S/C23H26ClF3N2O2/c1-13-4-7-20(15(3)18(13)12-29-9-8-17(11-29)22(30)31)28-21(23(25,26)27)16-5-6-19(24)14(2)10-16/h4-7,10,17,21,28H,8-9,11-12H2,1-3H3,(H,30,31). The van der Waals surface area contributed by atoms with Crippen LogP contribution in [0.2, 0.25) is 5.02 Å². The van der Waals surface area contributed by atoms with Crippen molar-refractivity contribution in [1.29, 1.82) is 0 Å². The van der Waals surface area contributed by atoms with Crippen LogP contribution < -0.4 is 5.32 Å². The predicted octanol–water partition coefficient (Wildman–Crippen LogP) is 5.89. The number of halogens is 4. The third kappa shape index (κ3) is 5.33. The molecule has 2 aromatic rings. The van der Waals surface area contributed by atoms with E-state index < -0.39 is 24.1 Å². The van der Waals surface area contributed by atoms with Crippen molar-refractivity contribution < 1.29 is 23.1 Å². The molecule has 2 atom stereocenters. The second kappa shape index (κ2) is 9.09. The third-order valence-electron chi connectivity index (χ3n) is 5.98. The quantitative estimate of drug-likeness (QED) is 0.571. The Morgan fingerprint density at radius 2 is 1.94 bits per heavy atom. The van der Waals surface area contributed by atoms with Crippen molar-refractivity contribution in [2.75, 3.05) is 18.4 Å². The zero-order chi connectivity index (χ0) is 22.9. The first-order valence-corrected chi connectivity index (χ1v) is 10.5. The molecule has 31 heavy (non-hydrogen) atoms. The molecule has 0 aromatic heterocycles. The molecule has 1 saturated heterocycles. The molecule has 0 bridgehead atoms. The number of hydrogen-bond donors (Lipinski definition) is 2. The number of carboxylic acids is 1. The van der Waals surface area contributed by atoms with Gasteiger partial charge in [-0.3, -0.25) is 9.69 Å². The van der Waals surface area contributed by atoms with Crippen LogP contribution in [0, 0.1) is 26.7 Å². The zero-order valence-corrected chi connectivity index (χ0v) is 18.4. The molecule has 168 valence electrons. The van der Waals surface area contributed by atoms with E-state index in [0.717, 1.165) is 16.7 Å². The van der Waals surface area contributed by atoms with Crippen LogP contribution in [0.25, 0.3) is 0 Å².